The summed E-state index contributed by atoms with van der Waals surface area (Å²) in [6.45, 7) is 8.71. The summed E-state index contributed by atoms with van der Waals surface area (Å²) < 4.78 is 0. The van der Waals surface area contributed by atoms with Gasteiger partial charge in [0.15, 0.2) is 0 Å². The summed E-state index contributed by atoms with van der Waals surface area (Å²) >= 11 is 0. The zero-order valence-corrected chi connectivity index (χ0v) is 10.2. The summed E-state index contributed by atoms with van der Waals surface area (Å²) in [7, 11) is 0. The number of hydrogen-bond acceptors (Lipinski definition) is 3. The second-order valence-corrected chi connectivity index (χ2v) is 4.55. The van der Waals surface area contributed by atoms with E-state index in [1.165, 1.54) is 18.7 Å². The Morgan fingerprint density at radius 2 is 2.25 bits per heavy atom. The highest BCUT2D eigenvalue weighted by Crippen LogP contribution is 2.11. The van der Waals surface area contributed by atoms with Crippen molar-refractivity contribution in [2.75, 3.05) is 19.6 Å². The quantitative estimate of drug-likeness (QED) is 0.815. The molecule has 0 bridgehead atoms. The molecule has 1 N–H and O–H groups in total. The summed E-state index contributed by atoms with van der Waals surface area (Å²) in [5.41, 5.74) is 2.31. The molecule has 0 radical (unpaired) electrons. The summed E-state index contributed by atoms with van der Waals surface area (Å²) in [6.07, 6.45) is 1.21. The lowest BCUT2D eigenvalue weighted by Gasteiger charge is -2.38. The first-order chi connectivity index (χ1) is 7.79. The molecule has 1 aromatic heterocycles. The van der Waals surface area contributed by atoms with Gasteiger partial charge < -0.3 is 5.32 Å². The van der Waals surface area contributed by atoms with Crippen LogP contribution in [0.4, 0.5) is 0 Å². The molecule has 0 unspecified atom stereocenters. The second kappa shape index (κ2) is 5.41. The molecule has 2 heterocycles. The average molecular weight is 219 g/mol. The van der Waals surface area contributed by atoms with Crippen molar-refractivity contribution in [1.29, 1.82) is 0 Å². The highest BCUT2D eigenvalue weighted by molar-refractivity contribution is 5.10. The Bertz CT molecular complexity index is 334. The van der Waals surface area contributed by atoms with Crippen LogP contribution < -0.4 is 5.32 Å². The van der Waals surface area contributed by atoms with E-state index in [0.717, 1.165) is 25.3 Å². The number of nitrogens with one attached hydrogen (secondary N) is 1. The molecule has 0 atom stereocenters. The predicted octanol–water partition coefficient (Wildman–Crippen LogP) is 1.57. The van der Waals surface area contributed by atoms with Crippen molar-refractivity contribution < 1.29 is 0 Å². The molecule has 0 spiro atoms. The molecule has 1 aliphatic rings. The van der Waals surface area contributed by atoms with Crippen LogP contribution in [0.1, 0.15) is 24.7 Å². The lowest BCUT2D eigenvalue weighted by molar-refractivity contribution is 0.136. The molecule has 0 saturated carbocycles. The van der Waals surface area contributed by atoms with Crippen molar-refractivity contribution in [2.45, 2.75) is 32.9 Å². The largest absolute Gasteiger partial charge is 0.314 e. The fourth-order valence-corrected chi connectivity index (χ4v) is 2.11. The molecular weight excluding hydrogens is 198 g/mol. The van der Waals surface area contributed by atoms with Crippen LogP contribution in [-0.2, 0) is 6.54 Å². The van der Waals surface area contributed by atoms with Crippen LogP contribution in [0.15, 0.2) is 18.2 Å². The monoisotopic (exact) mass is 219 g/mol. The van der Waals surface area contributed by atoms with E-state index < -0.39 is 0 Å². The van der Waals surface area contributed by atoms with E-state index in [1.807, 2.05) is 0 Å². The van der Waals surface area contributed by atoms with Gasteiger partial charge in [-0.05, 0) is 32.0 Å². The van der Waals surface area contributed by atoms with Crippen LogP contribution in [-0.4, -0.2) is 35.6 Å². The third-order valence-electron chi connectivity index (χ3n) is 3.10. The van der Waals surface area contributed by atoms with E-state index in [2.05, 4.69) is 47.2 Å². The summed E-state index contributed by atoms with van der Waals surface area (Å²) in [5, 5.41) is 3.34. The molecule has 88 valence electrons. The molecular formula is C13H21N3. The highest BCUT2D eigenvalue weighted by Gasteiger charge is 2.23. The van der Waals surface area contributed by atoms with Gasteiger partial charge in [0, 0.05) is 31.4 Å². The number of aromatic nitrogens is 1. The smallest absolute Gasteiger partial charge is 0.0547 e. The second-order valence-electron chi connectivity index (χ2n) is 4.55. The van der Waals surface area contributed by atoms with E-state index >= 15 is 0 Å². The summed E-state index contributed by atoms with van der Waals surface area (Å²) in [4.78, 5) is 7.11. The number of pyridine rings is 1. The molecule has 2 rings (SSSR count). The zero-order chi connectivity index (χ0) is 11.4. The standard InChI is InChI=1S/C13H21N3/c1-3-7-16(13-8-14-9-13)10-12-6-4-5-11(2)15-12/h4-6,13-14H,3,7-10H2,1-2H3. The fraction of sp³-hybridized carbons (Fsp3) is 0.615. The van der Waals surface area contributed by atoms with Gasteiger partial charge in [0.1, 0.15) is 0 Å². The fourth-order valence-electron chi connectivity index (χ4n) is 2.11. The molecule has 0 aromatic carbocycles. The van der Waals surface area contributed by atoms with Crippen LogP contribution >= 0.6 is 0 Å². The third kappa shape index (κ3) is 2.80. The molecule has 3 heteroatoms. The molecule has 1 aromatic rings. The Kier molecular flexibility index (Phi) is 3.91. The van der Waals surface area contributed by atoms with Gasteiger partial charge in [0.25, 0.3) is 0 Å². The van der Waals surface area contributed by atoms with E-state index in [4.69, 9.17) is 0 Å². The Morgan fingerprint density at radius 1 is 1.44 bits per heavy atom. The van der Waals surface area contributed by atoms with Crippen molar-refractivity contribution in [3.63, 3.8) is 0 Å². The van der Waals surface area contributed by atoms with Crippen LogP contribution in [0.3, 0.4) is 0 Å². The Labute approximate surface area is 97.9 Å². The minimum absolute atomic E-state index is 0.710. The van der Waals surface area contributed by atoms with Crippen LogP contribution in [0.5, 0.6) is 0 Å². The van der Waals surface area contributed by atoms with Crippen LogP contribution in [0.25, 0.3) is 0 Å². The van der Waals surface area contributed by atoms with Gasteiger partial charge >= 0.3 is 0 Å². The minimum atomic E-state index is 0.710. The highest BCUT2D eigenvalue weighted by atomic mass is 15.2. The van der Waals surface area contributed by atoms with Crippen molar-refractivity contribution >= 4 is 0 Å². The van der Waals surface area contributed by atoms with Gasteiger partial charge in [0.2, 0.25) is 0 Å². The first-order valence-corrected chi connectivity index (χ1v) is 6.17. The van der Waals surface area contributed by atoms with E-state index in [9.17, 15) is 0 Å². The minimum Gasteiger partial charge on any atom is -0.314 e. The number of nitrogens with zero attached hydrogens (tertiary/aromatic N) is 2. The van der Waals surface area contributed by atoms with Gasteiger partial charge in [-0.15, -0.1) is 0 Å². The third-order valence-corrected chi connectivity index (χ3v) is 3.10. The predicted molar refractivity (Wildman–Crippen MR) is 66.3 cm³/mol. The van der Waals surface area contributed by atoms with E-state index in [-0.39, 0.29) is 0 Å². The number of rotatable bonds is 5. The molecule has 0 aliphatic carbocycles. The van der Waals surface area contributed by atoms with Crippen LogP contribution in [0, 0.1) is 6.92 Å². The Hall–Kier alpha value is -0.930. The normalized spacial score (nSPS) is 16.4. The van der Waals surface area contributed by atoms with Gasteiger partial charge in [-0.25, -0.2) is 0 Å². The zero-order valence-electron chi connectivity index (χ0n) is 10.2. The molecule has 3 nitrogen and oxygen atoms in total. The first kappa shape index (κ1) is 11.6. The van der Waals surface area contributed by atoms with Gasteiger partial charge in [0.05, 0.1) is 5.69 Å². The molecule has 1 fully saturated rings. The maximum atomic E-state index is 4.57. The van der Waals surface area contributed by atoms with Gasteiger partial charge in [-0.2, -0.15) is 0 Å². The van der Waals surface area contributed by atoms with Crippen molar-refractivity contribution in [2.24, 2.45) is 0 Å². The number of aryl methyl sites for hydroxylation is 1. The molecule has 0 amide bonds. The lowest BCUT2D eigenvalue weighted by atomic mass is 10.1. The van der Waals surface area contributed by atoms with E-state index in [1.54, 1.807) is 0 Å². The van der Waals surface area contributed by atoms with Crippen molar-refractivity contribution in [3.8, 4) is 0 Å². The van der Waals surface area contributed by atoms with Crippen LogP contribution in [0.2, 0.25) is 0 Å². The first-order valence-electron chi connectivity index (χ1n) is 6.17. The van der Waals surface area contributed by atoms with Crippen molar-refractivity contribution in [3.05, 3.63) is 29.6 Å². The maximum absolute atomic E-state index is 4.57. The number of hydrogen-bond donors (Lipinski definition) is 1. The topological polar surface area (TPSA) is 28.2 Å². The summed E-state index contributed by atoms with van der Waals surface area (Å²) in [5.74, 6) is 0. The molecule has 1 aliphatic heterocycles. The SMILES string of the molecule is CCCN(Cc1cccc(C)n1)C1CNC1. The maximum Gasteiger partial charge on any atom is 0.0547 e. The van der Waals surface area contributed by atoms with E-state index in [0.29, 0.717) is 6.04 Å². The summed E-state index contributed by atoms with van der Waals surface area (Å²) in [6, 6.07) is 6.99. The molecule has 16 heavy (non-hydrogen) atoms. The van der Waals surface area contributed by atoms with Gasteiger partial charge in [-0.1, -0.05) is 13.0 Å². The average Bonchev–Trinajstić information content (AvgIpc) is 2.15. The Morgan fingerprint density at radius 3 is 2.81 bits per heavy atom. The lowest BCUT2D eigenvalue weighted by Crippen LogP contribution is -2.57. The van der Waals surface area contributed by atoms with Crippen molar-refractivity contribution in [1.82, 2.24) is 15.2 Å². The van der Waals surface area contributed by atoms with Gasteiger partial charge in [-0.3, -0.25) is 9.88 Å². The Balaban J connectivity index is 1.98. The molecule has 1 saturated heterocycles.